The van der Waals surface area contributed by atoms with Crippen LogP contribution in [0, 0.1) is 0 Å². The summed E-state index contributed by atoms with van der Waals surface area (Å²) < 4.78 is 10.3. The van der Waals surface area contributed by atoms with Crippen LogP contribution in [-0.4, -0.2) is 38.0 Å². The molecule has 2 aromatic rings. The highest BCUT2D eigenvalue weighted by molar-refractivity contribution is 5.91. The van der Waals surface area contributed by atoms with Gasteiger partial charge in [-0.15, -0.1) is 0 Å². The first-order valence-electron chi connectivity index (χ1n) is 7.66. The monoisotopic (exact) mass is 318 g/mol. The SMILES string of the molecule is CCNC(=NCCc1ccco1)NCCNC(=O)c1ccco1. The first-order valence-corrected chi connectivity index (χ1v) is 7.66. The summed E-state index contributed by atoms with van der Waals surface area (Å²) in [6, 6.07) is 7.11. The summed E-state index contributed by atoms with van der Waals surface area (Å²) in [5.41, 5.74) is 0. The summed E-state index contributed by atoms with van der Waals surface area (Å²) in [6.45, 7) is 4.44. The van der Waals surface area contributed by atoms with Crippen molar-refractivity contribution in [3.8, 4) is 0 Å². The van der Waals surface area contributed by atoms with E-state index < -0.39 is 0 Å². The molecule has 0 saturated heterocycles. The van der Waals surface area contributed by atoms with Gasteiger partial charge in [0.25, 0.3) is 5.91 Å². The average Bonchev–Trinajstić information content (AvgIpc) is 3.24. The lowest BCUT2D eigenvalue weighted by atomic mass is 10.3. The van der Waals surface area contributed by atoms with Gasteiger partial charge in [0.1, 0.15) is 5.76 Å². The number of guanidine groups is 1. The largest absolute Gasteiger partial charge is 0.469 e. The molecule has 2 heterocycles. The Labute approximate surface area is 135 Å². The predicted molar refractivity (Wildman–Crippen MR) is 87.4 cm³/mol. The Morgan fingerprint density at radius 2 is 1.87 bits per heavy atom. The first kappa shape index (κ1) is 16.7. The Morgan fingerprint density at radius 3 is 2.57 bits per heavy atom. The van der Waals surface area contributed by atoms with Crippen molar-refractivity contribution < 1.29 is 13.6 Å². The zero-order chi connectivity index (χ0) is 16.3. The van der Waals surface area contributed by atoms with Gasteiger partial charge >= 0.3 is 0 Å². The average molecular weight is 318 g/mol. The number of nitrogens with one attached hydrogen (secondary N) is 3. The van der Waals surface area contributed by atoms with E-state index in [-0.39, 0.29) is 5.91 Å². The number of rotatable bonds is 8. The second-order valence-corrected chi connectivity index (χ2v) is 4.75. The van der Waals surface area contributed by atoms with Crippen LogP contribution in [0.1, 0.15) is 23.2 Å². The van der Waals surface area contributed by atoms with E-state index in [1.165, 1.54) is 6.26 Å². The maximum absolute atomic E-state index is 11.7. The highest BCUT2D eigenvalue weighted by Gasteiger charge is 2.06. The van der Waals surface area contributed by atoms with Crippen molar-refractivity contribution in [2.75, 3.05) is 26.2 Å². The van der Waals surface area contributed by atoms with Crippen LogP contribution in [-0.2, 0) is 6.42 Å². The molecule has 7 heteroatoms. The third-order valence-electron chi connectivity index (χ3n) is 3.00. The van der Waals surface area contributed by atoms with Crippen LogP contribution in [0.3, 0.4) is 0 Å². The van der Waals surface area contributed by atoms with Crippen LogP contribution >= 0.6 is 0 Å². The van der Waals surface area contributed by atoms with Crippen molar-refractivity contribution in [2.24, 2.45) is 4.99 Å². The number of furan rings is 2. The molecule has 0 radical (unpaired) electrons. The maximum Gasteiger partial charge on any atom is 0.287 e. The van der Waals surface area contributed by atoms with Crippen LogP contribution < -0.4 is 16.0 Å². The van der Waals surface area contributed by atoms with Gasteiger partial charge in [-0.2, -0.15) is 0 Å². The molecule has 23 heavy (non-hydrogen) atoms. The van der Waals surface area contributed by atoms with E-state index in [4.69, 9.17) is 8.83 Å². The smallest absolute Gasteiger partial charge is 0.287 e. The lowest BCUT2D eigenvalue weighted by Gasteiger charge is -2.11. The zero-order valence-corrected chi connectivity index (χ0v) is 13.2. The first-order chi connectivity index (χ1) is 11.3. The van der Waals surface area contributed by atoms with Crippen LogP contribution in [0.25, 0.3) is 0 Å². The number of hydrogen-bond acceptors (Lipinski definition) is 4. The Kier molecular flexibility index (Phi) is 6.77. The lowest BCUT2D eigenvalue weighted by molar-refractivity contribution is 0.0926. The molecule has 0 saturated carbocycles. The van der Waals surface area contributed by atoms with Gasteiger partial charge in [-0.05, 0) is 31.2 Å². The van der Waals surface area contributed by atoms with Crippen molar-refractivity contribution in [1.82, 2.24) is 16.0 Å². The number of nitrogens with zero attached hydrogens (tertiary/aromatic N) is 1. The Bertz CT molecular complexity index is 591. The van der Waals surface area contributed by atoms with E-state index in [1.807, 2.05) is 19.1 Å². The van der Waals surface area contributed by atoms with E-state index in [2.05, 4.69) is 20.9 Å². The Balaban J connectivity index is 1.68. The minimum absolute atomic E-state index is 0.225. The molecule has 0 aliphatic heterocycles. The Morgan fingerprint density at radius 1 is 1.09 bits per heavy atom. The standard InChI is InChI=1S/C16H22N4O3/c1-2-17-16(19-8-7-13-5-3-11-22-13)20-10-9-18-15(21)14-6-4-12-23-14/h3-6,11-12H,2,7-10H2,1H3,(H,18,21)(H2,17,19,20). The number of carbonyl (C=O) groups excluding carboxylic acids is 1. The van der Waals surface area contributed by atoms with E-state index in [9.17, 15) is 4.79 Å². The summed E-state index contributed by atoms with van der Waals surface area (Å²) in [4.78, 5) is 16.1. The van der Waals surface area contributed by atoms with Crippen LogP contribution in [0.5, 0.6) is 0 Å². The molecule has 0 aliphatic carbocycles. The summed E-state index contributed by atoms with van der Waals surface area (Å²) in [5.74, 6) is 1.71. The van der Waals surface area contributed by atoms with Gasteiger partial charge in [-0.25, -0.2) is 0 Å². The van der Waals surface area contributed by atoms with Gasteiger partial charge in [0.15, 0.2) is 11.7 Å². The van der Waals surface area contributed by atoms with Gasteiger partial charge in [-0.3, -0.25) is 9.79 Å². The topological polar surface area (TPSA) is 91.8 Å². The maximum atomic E-state index is 11.7. The molecule has 0 aliphatic rings. The molecule has 2 rings (SSSR count). The van der Waals surface area contributed by atoms with Gasteiger partial charge in [-0.1, -0.05) is 0 Å². The third-order valence-corrected chi connectivity index (χ3v) is 3.00. The van der Waals surface area contributed by atoms with E-state index >= 15 is 0 Å². The molecule has 0 fully saturated rings. The van der Waals surface area contributed by atoms with Gasteiger partial charge < -0.3 is 24.8 Å². The fourth-order valence-corrected chi connectivity index (χ4v) is 1.93. The second kappa shape index (κ2) is 9.34. The molecule has 0 spiro atoms. The normalized spacial score (nSPS) is 11.3. The number of carbonyl (C=O) groups is 1. The molecule has 1 amide bonds. The van der Waals surface area contributed by atoms with Crippen LogP contribution in [0.15, 0.2) is 50.6 Å². The summed E-state index contributed by atoms with van der Waals surface area (Å²) in [6.07, 6.45) is 3.88. The van der Waals surface area contributed by atoms with Crippen molar-refractivity contribution in [3.63, 3.8) is 0 Å². The molecule has 0 bridgehead atoms. The predicted octanol–water partition coefficient (Wildman–Crippen LogP) is 1.40. The van der Waals surface area contributed by atoms with Gasteiger partial charge in [0.2, 0.25) is 0 Å². The van der Waals surface area contributed by atoms with Crippen LogP contribution in [0.2, 0.25) is 0 Å². The fraction of sp³-hybridized carbons (Fsp3) is 0.375. The van der Waals surface area contributed by atoms with Gasteiger partial charge in [0, 0.05) is 32.6 Å². The minimum Gasteiger partial charge on any atom is -0.469 e. The third kappa shape index (κ3) is 5.90. The molecule has 0 unspecified atom stereocenters. The van der Waals surface area contributed by atoms with E-state index in [0.29, 0.717) is 31.4 Å². The lowest BCUT2D eigenvalue weighted by Crippen LogP contribution is -2.41. The summed E-state index contributed by atoms with van der Waals surface area (Å²) >= 11 is 0. The summed E-state index contributed by atoms with van der Waals surface area (Å²) in [7, 11) is 0. The zero-order valence-electron chi connectivity index (χ0n) is 13.2. The molecular formula is C16H22N4O3. The molecule has 2 aromatic heterocycles. The van der Waals surface area contributed by atoms with E-state index in [1.54, 1.807) is 18.4 Å². The number of amides is 1. The molecule has 124 valence electrons. The minimum atomic E-state index is -0.225. The highest BCUT2D eigenvalue weighted by atomic mass is 16.3. The number of hydrogen-bond donors (Lipinski definition) is 3. The Hall–Kier alpha value is -2.70. The van der Waals surface area contributed by atoms with Crippen LogP contribution in [0.4, 0.5) is 0 Å². The van der Waals surface area contributed by atoms with Crippen molar-refractivity contribution in [1.29, 1.82) is 0 Å². The molecule has 0 atom stereocenters. The second-order valence-electron chi connectivity index (χ2n) is 4.75. The van der Waals surface area contributed by atoms with E-state index in [0.717, 1.165) is 18.7 Å². The number of aliphatic imine (C=N–C) groups is 1. The fourth-order valence-electron chi connectivity index (χ4n) is 1.93. The molecular weight excluding hydrogens is 296 g/mol. The van der Waals surface area contributed by atoms with Gasteiger partial charge in [0.05, 0.1) is 12.5 Å². The quantitative estimate of drug-likeness (QED) is 0.389. The highest BCUT2D eigenvalue weighted by Crippen LogP contribution is 2.00. The molecule has 0 aromatic carbocycles. The van der Waals surface area contributed by atoms with Crippen molar-refractivity contribution >= 4 is 11.9 Å². The molecule has 7 nitrogen and oxygen atoms in total. The van der Waals surface area contributed by atoms with Crippen molar-refractivity contribution in [3.05, 3.63) is 48.3 Å². The van der Waals surface area contributed by atoms with Crippen molar-refractivity contribution in [2.45, 2.75) is 13.3 Å². The molecule has 3 N–H and O–H groups in total. The summed E-state index contributed by atoms with van der Waals surface area (Å²) in [5, 5.41) is 9.09.